The summed E-state index contributed by atoms with van der Waals surface area (Å²) in [5, 5.41) is 3.33. The van der Waals surface area contributed by atoms with Crippen molar-refractivity contribution in [3.8, 4) is 0 Å². The van der Waals surface area contributed by atoms with E-state index in [2.05, 4.69) is 5.32 Å². The highest BCUT2D eigenvalue weighted by Gasteiger charge is 2.33. The first-order valence-electron chi connectivity index (χ1n) is 11.3. The molecule has 13 heteroatoms. The van der Waals surface area contributed by atoms with Crippen LogP contribution in [-0.4, -0.2) is 36.7 Å². The molecule has 0 fully saturated rings. The number of carbonyl (C=O) groups is 2. The van der Waals surface area contributed by atoms with Crippen LogP contribution in [0.3, 0.4) is 0 Å². The van der Waals surface area contributed by atoms with Crippen molar-refractivity contribution >= 4 is 69.5 Å². The summed E-state index contributed by atoms with van der Waals surface area (Å²) in [5.74, 6) is -0.428. The lowest BCUT2D eigenvalue weighted by molar-refractivity contribution is 0.0952. The molecule has 0 atom stereocenters. The molecule has 0 radical (unpaired) electrons. The van der Waals surface area contributed by atoms with Crippen molar-refractivity contribution in [2.75, 3.05) is 10.6 Å². The van der Waals surface area contributed by atoms with E-state index < -0.39 is 34.7 Å². The molecule has 0 aliphatic heterocycles. The smallest absolute Gasteiger partial charge is 0.345 e. The maximum Gasteiger partial charge on any atom is 0.345 e. The normalized spacial score (nSPS) is 11.8. The minimum atomic E-state index is -4.98. The number of carbonyl (C=O) groups excluding carboxylic acids is 2. The predicted octanol–water partition coefficient (Wildman–Crippen LogP) is 5.22. The zero-order chi connectivity index (χ0) is 28.4. The number of sulfonamides is 1. The molecule has 0 aliphatic rings. The van der Waals surface area contributed by atoms with Gasteiger partial charge in [-0.3, -0.25) is 18.5 Å². The minimum absolute atomic E-state index is 0.0162. The molecule has 0 spiro atoms. The first kappa shape index (κ1) is 28.8. The molecular weight excluding hydrogens is 586 g/mol. The van der Waals surface area contributed by atoms with Crippen LogP contribution in [0.1, 0.15) is 26.3 Å². The third-order valence-corrected chi connectivity index (χ3v) is 8.76. The van der Waals surface area contributed by atoms with Crippen LogP contribution in [0.2, 0.25) is 10.0 Å². The van der Waals surface area contributed by atoms with E-state index in [1.165, 1.54) is 30.3 Å². The first-order chi connectivity index (χ1) is 18.4. The molecule has 1 amide bonds. The van der Waals surface area contributed by atoms with Crippen molar-refractivity contribution in [2.24, 2.45) is 0 Å². The van der Waals surface area contributed by atoms with Gasteiger partial charge in [-0.1, -0.05) is 71.7 Å². The van der Waals surface area contributed by atoms with Crippen LogP contribution in [0.5, 0.6) is 0 Å². The number of halogens is 2. The number of benzene rings is 4. The van der Waals surface area contributed by atoms with Crippen LogP contribution in [0, 0.1) is 0 Å². The molecule has 4 aromatic rings. The Hall–Kier alpha value is -3.24. The van der Waals surface area contributed by atoms with E-state index in [0.29, 0.717) is 16.0 Å². The summed E-state index contributed by atoms with van der Waals surface area (Å²) in [6.07, 6.45) is -0.889. The van der Waals surface area contributed by atoms with Crippen LogP contribution in [-0.2, 0) is 21.1 Å². The van der Waals surface area contributed by atoms with E-state index in [1.807, 2.05) is 30.3 Å². The molecule has 3 N–H and O–H groups in total. The topological polar surface area (TPSA) is 141 Å². The molecule has 0 aliphatic carbocycles. The van der Waals surface area contributed by atoms with Crippen molar-refractivity contribution in [1.82, 2.24) is 5.32 Å². The molecule has 0 aromatic heterocycles. The Labute approximate surface area is 234 Å². The summed E-state index contributed by atoms with van der Waals surface area (Å²) < 4.78 is 39.7. The van der Waals surface area contributed by atoms with E-state index in [-0.39, 0.29) is 38.8 Å². The summed E-state index contributed by atoms with van der Waals surface area (Å²) in [4.78, 5) is 44.4. The van der Waals surface area contributed by atoms with Gasteiger partial charge in [-0.25, -0.2) is 8.42 Å². The number of hydrogen-bond donors (Lipinski definition) is 3. The van der Waals surface area contributed by atoms with Gasteiger partial charge in [-0.2, -0.15) is 0 Å². The fourth-order valence-electron chi connectivity index (χ4n) is 4.04. The number of amides is 1. The van der Waals surface area contributed by atoms with Gasteiger partial charge in [-0.05, 0) is 46.7 Å². The third-order valence-electron chi connectivity index (χ3n) is 5.74. The summed E-state index contributed by atoms with van der Waals surface area (Å²) in [5.41, 5.74) is 0.625. The fraction of sp³-hybridized carbons (Fsp3) is 0.0769. The highest BCUT2D eigenvalue weighted by atomic mass is 35.5. The summed E-state index contributed by atoms with van der Waals surface area (Å²) >= 11 is 11.9. The van der Waals surface area contributed by atoms with Crippen molar-refractivity contribution in [3.05, 3.63) is 106 Å². The maximum atomic E-state index is 13.6. The first-order valence-corrected chi connectivity index (χ1v) is 15.3. The second kappa shape index (κ2) is 11.5. The van der Waals surface area contributed by atoms with Crippen LogP contribution >= 0.6 is 30.8 Å². The minimum Gasteiger partial charge on any atom is -0.348 e. The number of nitrogens with one attached hydrogen (secondary N) is 1. The number of anilines is 1. The van der Waals surface area contributed by atoms with Crippen LogP contribution in [0.15, 0.2) is 83.8 Å². The quantitative estimate of drug-likeness (QED) is 0.175. The van der Waals surface area contributed by atoms with E-state index in [4.69, 9.17) is 23.2 Å². The van der Waals surface area contributed by atoms with Gasteiger partial charge in [0, 0.05) is 27.7 Å². The predicted molar refractivity (Wildman–Crippen MR) is 150 cm³/mol. The number of fused-ring (bicyclic) bond motifs is 1. The average Bonchev–Trinajstić information content (AvgIpc) is 2.88. The summed E-state index contributed by atoms with van der Waals surface area (Å²) in [6, 6.07) is 19.9. The van der Waals surface area contributed by atoms with Crippen LogP contribution in [0.25, 0.3) is 10.8 Å². The van der Waals surface area contributed by atoms with Crippen molar-refractivity contribution in [2.45, 2.75) is 11.4 Å². The Bertz CT molecular complexity index is 1710. The van der Waals surface area contributed by atoms with Crippen LogP contribution in [0.4, 0.5) is 5.69 Å². The fourth-order valence-corrected chi connectivity index (χ4v) is 7.46. The van der Waals surface area contributed by atoms with Crippen molar-refractivity contribution in [3.63, 3.8) is 0 Å². The van der Waals surface area contributed by atoms with Gasteiger partial charge in [0.2, 0.25) is 0 Å². The molecule has 39 heavy (non-hydrogen) atoms. The van der Waals surface area contributed by atoms with Gasteiger partial charge in [0.05, 0.1) is 10.6 Å². The number of aldehydes is 1. The summed E-state index contributed by atoms with van der Waals surface area (Å²) in [7, 11) is -9.65. The lowest BCUT2D eigenvalue weighted by atomic mass is 9.98. The second-order valence-electron chi connectivity index (χ2n) is 8.45. The Morgan fingerprint density at radius 3 is 2.21 bits per heavy atom. The number of nitrogens with zero attached hydrogens (tertiary/aromatic N) is 1. The molecule has 0 saturated heterocycles. The Morgan fingerprint density at radius 1 is 0.923 bits per heavy atom. The monoisotopic (exact) mass is 606 g/mol. The lowest BCUT2D eigenvalue weighted by Crippen LogP contribution is -2.33. The van der Waals surface area contributed by atoms with E-state index in [1.54, 1.807) is 6.07 Å². The number of hydrogen-bond acceptors (Lipinski definition) is 5. The van der Waals surface area contributed by atoms with Gasteiger partial charge in [-0.15, -0.1) is 0 Å². The lowest BCUT2D eigenvalue weighted by Gasteiger charge is -2.27. The molecule has 202 valence electrons. The molecule has 4 aromatic carbocycles. The zero-order valence-corrected chi connectivity index (χ0v) is 23.2. The molecular formula is C26H21Cl2N2O7PS. The molecule has 9 nitrogen and oxygen atoms in total. The molecule has 0 saturated carbocycles. The zero-order valence-electron chi connectivity index (χ0n) is 20.0. The number of rotatable bonds is 9. The molecule has 4 rings (SSSR count). The Kier molecular flexibility index (Phi) is 8.46. The van der Waals surface area contributed by atoms with E-state index >= 15 is 0 Å². The van der Waals surface area contributed by atoms with Crippen LogP contribution < -0.4 is 9.62 Å². The van der Waals surface area contributed by atoms with E-state index in [9.17, 15) is 32.4 Å². The third kappa shape index (κ3) is 6.50. The van der Waals surface area contributed by atoms with Gasteiger partial charge < -0.3 is 15.1 Å². The average molecular weight is 607 g/mol. The molecule has 0 unspecified atom stereocenters. The van der Waals surface area contributed by atoms with Gasteiger partial charge in [0.25, 0.3) is 15.9 Å². The highest BCUT2D eigenvalue weighted by molar-refractivity contribution is 7.93. The SMILES string of the molecule is O=Cc1c(N(CP(=O)(O)O)S(=O)(=O)c2cc(Cl)cc(Cl)c2)ccc2c(C(=O)NCc3ccccc3)cccc12. The second-order valence-corrected chi connectivity index (χ2v) is 12.8. The van der Waals surface area contributed by atoms with Crippen molar-refractivity contribution < 1.29 is 32.4 Å². The highest BCUT2D eigenvalue weighted by Crippen LogP contribution is 2.42. The Balaban J connectivity index is 1.83. The standard InChI is InChI=1S/C26H21Cl2N2O7PS/c27-18-11-19(28)13-20(12-18)39(36,37)30(16-38(33,34)35)25-10-9-22-21(24(25)15-31)7-4-8-23(22)26(32)29-14-17-5-2-1-3-6-17/h1-13,15H,14,16H2,(H,29,32)(H2,33,34,35). The molecule has 0 heterocycles. The summed E-state index contributed by atoms with van der Waals surface area (Å²) in [6.45, 7) is 0.255. The molecule has 0 bridgehead atoms. The van der Waals surface area contributed by atoms with Gasteiger partial charge in [0.1, 0.15) is 6.29 Å². The maximum absolute atomic E-state index is 13.6. The Morgan fingerprint density at radius 2 is 1.59 bits per heavy atom. The van der Waals surface area contributed by atoms with Gasteiger partial charge in [0.15, 0.2) is 6.29 Å². The van der Waals surface area contributed by atoms with E-state index in [0.717, 1.165) is 17.7 Å². The van der Waals surface area contributed by atoms with Crippen molar-refractivity contribution in [1.29, 1.82) is 0 Å². The largest absolute Gasteiger partial charge is 0.348 e. The van der Waals surface area contributed by atoms with Gasteiger partial charge >= 0.3 is 7.60 Å².